The largest absolute Gasteiger partial charge is 0.376 e. The number of aryl methyl sites for hydroxylation is 1. The molecule has 0 amide bonds. The molecule has 0 atom stereocenters. The molecule has 4 aliphatic rings. The van der Waals surface area contributed by atoms with Gasteiger partial charge in [-0.2, -0.15) is 0 Å². The highest BCUT2D eigenvalue weighted by atomic mass is 32.1. The smallest absolute Gasteiger partial charge is 0.333 e. The minimum atomic E-state index is -0.131. The van der Waals surface area contributed by atoms with Gasteiger partial charge in [-0.1, -0.05) is 152 Å². The summed E-state index contributed by atoms with van der Waals surface area (Å²) < 4.78 is 5.44. The fourth-order valence-corrected chi connectivity index (χ4v) is 15.9. The molecule has 2 aliphatic carbocycles. The van der Waals surface area contributed by atoms with Gasteiger partial charge in [-0.25, -0.2) is 0 Å². The molecule has 0 radical (unpaired) electrons. The number of thiophene rings is 1. The predicted molar refractivity (Wildman–Crippen MR) is 340 cm³/mol. The van der Waals surface area contributed by atoms with Gasteiger partial charge in [0, 0.05) is 70.6 Å². The van der Waals surface area contributed by atoms with Gasteiger partial charge in [0.1, 0.15) is 0 Å². The normalized spacial score (nSPS) is 17.6. The fourth-order valence-electron chi connectivity index (χ4n) is 14.8. The zero-order valence-electron chi connectivity index (χ0n) is 48.9. The van der Waals surface area contributed by atoms with E-state index in [9.17, 15) is 0 Å². The van der Waals surface area contributed by atoms with Crippen LogP contribution in [0.1, 0.15) is 162 Å². The van der Waals surface area contributed by atoms with E-state index in [2.05, 4.69) is 258 Å². The molecule has 392 valence electrons. The minimum absolute atomic E-state index is 0.0213. The fraction of sp³-hybridized carbons (Fsp3) is 0.342. The second kappa shape index (κ2) is 16.3. The lowest BCUT2D eigenvalue weighted by atomic mass is 9.43. The number of para-hydroxylation sites is 2. The zero-order valence-corrected chi connectivity index (χ0v) is 49.8. The van der Waals surface area contributed by atoms with E-state index in [4.69, 9.17) is 0 Å². The van der Waals surface area contributed by atoms with E-state index < -0.39 is 0 Å². The summed E-state index contributed by atoms with van der Waals surface area (Å²) in [6.07, 6.45) is 4.71. The van der Waals surface area contributed by atoms with Crippen LogP contribution >= 0.6 is 11.3 Å². The van der Waals surface area contributed by atoms with Crippen LogP contribution in [0.5, 0.6) is 0 Å². The molecule has 14 rings (SSSR count). The van der Waals surface area contributed by atoms with Crippen LogP contribution in [-0.2, 0) is 32.5 Å². The van der Waals surface area contributed by atoms with Crippen LogP contribution in [-0.4, -0.2) is 11.4 Å². The molecule has 4 heterocycles. The number of aromatic nitrogens is 1. The van der Waals surface area contributed by atoms with Gasteiger partial charge in [-0.05, 0) is 205 Å². The molecule has 2 aliphatic heterocycles. The summed E-state index contributed by atoms with van der Waals surface area (Å²) >= 11 is 1.99. The second-order valence-corrected chi connectivity index (χ2v) is 29.9. The Hall–Kier alpha value is -6.56. The molecule has 0 fully saturated rings. The standard InChI is InChI=1S/C73H76BN3S/c1-43-34-53-55(72(12,13)32-30-70(53,8)9)41-60(43)77-59-28-29-62-65(51-40-54-56(42-63(51)78-62)73(14,15)33-31-71(54,10)11)64(59)52-38-48(75(46-22-18-16-19-23-46)47-24-20-17-21-25-47)39-61-66(52)74(77)57-37-45(69(5,6)7)36-50-49-35-44(68(2,3)4)26-27-58(49)76(61)67(50)57/h16-29,34-42H,30-33H2,1-15H3. The highest BCUT2D eigenvalue weighted by Gasteiger charge is 2.48. The first-order valence-corrected chi connectivity index (χ1v) is 29.9. The second-order valence-electron chi connectivity index (χ2n) is 28.8. The van der Waals surface area contributed by atoms with Gasteiger partial charge < -0.3 is 14.3 Å². The number of hydrogen-bond donors (Lipinski definition) is 0. The maximum absolute atomic E-state index is 2.86. The van der Waals surface area contributed by atoms with Gasteiger partial charge in [-0.3, -0.25) is 0 Å². The summed E-state index contributed by atoms with van der Waals surface area (Å²) in [5, 5.41) is 5.43. The van der Waals surface area contributed by atoms with Crippen LogP contribution < -0.4 is 20.6 Å². The molecular weight excluding hydrogens is 962 g/mol. The molecule has 10 aromatic rings. The van der Waals surface area contributed by atoms with E-state index in [0.717, 1.165) is 23.5 Å². The first kappa shape index (κ1) is 49.7. The third-order valence-electron chi connectivity index (χ3n) is 19.7. The van der Waals surface area contributed by atoms with E-state index in [1.54, 1.807) is 0 Å². The third kappa shape index (κ3) is 7.14. The Morgan fingerprint density at radius 1 is 0.487 bits per heavy atom. The lowest BCUT2D eigenvalue weighted by Gasteiger charge is -2.46. The van der Waals surface area contributed by atoms with Crippen LogP contribution in [0.4, 0.5) is 28.4 Å². The quantitative estimate of drug-likeness (QED) is 0.163. The summed E-state index contributed by atoms with van der Waals surface area (Å²) in [4.78, 5) is 5.36. The van der Waals surface area contributed by atoms with Crippen molar-refractivity contribution in [1.29, 1.82) is 0 Å². The SMILES string of the molecule is Cc1cc2c(cc1N1B3c4c(cc(N(c5ccccc5)c5ccccc5)cc4-n4c5ccc(C(C)(C)C)cc5c5cc(C(C)(C)C)cc3c54)-c3c1ccc1sc4cc5c(cc4c31)C(C)(C)CCC5(C)C)C(C)(C)CCC2(C)C. The van der Waals surface area contributed by atoms with Crippen LogP contribution in [0.25, 0.3) is 58.8 Å². The van der Waals surface area contributed by atoms with Gasteiger partial charge in [-0.15, -0.1) is 11.3 Å². The van der Waals surface area contributed by atoms with Crippen molar-refractivity contribution >= 4 is 99.5 Å². The molecular formula is C73H76BN3S. The molecule has 0 spiro atoms. The Kier molecular flexibility index (Phi) is 10.4. The van der Waals surface area contributed by atoms with Crippen molar-refractivity contribution in [1.82, 2.24) is 4.57 Å². The molecule has 78 heavy (non-hydrogen) atoms. The van der Waals surface area contributed by atoms with Crippen molar-refractivity contribution in [3.63, 3.8) is 0 Å². The maximum atomic E-state index is 2.86. The summed E-state index contributed by atoms with van der Waals surface area (Å²) in [5.41, 5.74) is 25.6. The van der Waals surface area contributed by atoms with Gasteiger partial charge in [0.2, 0.25) is 0 Å². The molecule has 3 nitrogen and oxygen atoms in total. The maximum Gasteiger partial charge on any atom is 0.333 e. The summed E-state index contributed by atoms with van der Waals surface area (Å²) in [6.45, 7) is 36.4. The molecule has 0 bridgehead atoms. The first-order chi connectivity index (χ1) is 36.8. The number of rotatable bonds is 4. The van der Waals surface area contributed by atoms with Crippen molar-refractivity contribution < 1.29 is 0 Å². The highest BCUT2D eigenvalue weighted by Crippen LogP contribution is 2.56. The number of hydrogen-bond acceptors (Lipinski definition) is 3. The van der Waals surface area contributed by atoms with E-state index in [1.165, 1.54) is 139 Å². The number of benzene rings is 8. The van der Waals surface area contributed by atoms with Crippen LogP contribution in [0.2, 0.25) is 0 Å². The molecule has 0 unspecified atom stereocenters. The van der Waals surface area contributed by atoms with Gasteiger partial charge >= 0.3 is 6.85 Å². The lowest BCUT2D eigenvalue weighted by Crippen LogP contribution is -2.61. The van der Waals surface area contributed by atoms with Crippen molar-refractivity contribution in [2.75, 3.05) is 9.71 Å². The monoisotopic (exact) mass is 1040 g/mol. The first-order valence-electron chi connectivity index (χ1n) is 29.0. The highest BCUT2D eigenvalue weighted by molar-refractivity contribution is 7.26. The van der Waals surface area contributed by atoms with E-state index in [0.29, 0.717) is 0 Å². The Morgan fingerprint density at radius 2 is 1.05 bits per heavy atom. The topological polar surface area (TPSA) is 11.4 Å². The van der Waals surface area contributed by atoms with Crippen LogP contribution in [0.3, 0.4) is 0 Å². The molecule has 8 aromatic carbocycles. The molecule has 2 aromatic heterocycles. The summed E-state index contributed by atoms with van der Waals surface area (Å²) in [7, 11) is 0. The van der Waals surface area contributed by atoms with E-state index in [1.807, 2.05) is 11.3 Å². The van der Waals surface area contributed by atoms with E-state index >= 15 is 0 Å². The van der Waals surface area contributed by atoms with Crippen molar-refractivity contribution in [3.8, 4) is 16.8 Å². The molecule has 0 N–H and O–H groups in total. The Balaban J connectivity index is 1.20. The Morgan fingerprint density at radius 3 is 1.65 bits per heavy atom. The average molecular weight is 1040 g/mol. The minimum Gasteiger partial charge on any atom is -0.376 e. The van der Waals surface area contributed by atoms with Crippen LogP contribution in [0.15, 0.2) is 140 Å². The lowest BCUT2D eigenvalue weighted by molar-refractivity contribution is 0.332. The van der Waals surface area contributed by atoms with Gasteiger partial charge in [0.05, 0.1) is 11.0 Å². The van der Waals surface area contributed by atoms with Gasteiger partial charge in [0.15, 0.2) is 0 Å². The van der Waals surface area contributed by atoms with E-state index in [-0.39, 0.29) is 39.3 Å². The summed E-state index contributed by atoms with van der Waals surface area (Å²) in [5.74, 6) is 0. The van der Waals surface area contributed by atoms with Gasteiger partial charge in [0.25, 0.3) is 0 Å². The Bertz CT molecular complexity index is 4150. The van der Waals surface area contributed by atoms with Crippen molar-refractivity contribution in [2.45, 2.75) is 162 Å². The van der Waals surface area contributed by atoms with Crippen LogP contribution in [0, 0.1) is 6.92 Å². The summed E-state index contributed by atoms with van der Waals surface area (Å²) in [6, 6.07) is 55.4. The zero-order chi connectivity index (χ0) is 54.5. The number of anilines is 5. The predicted octanol–water partition coefficient (Wildman–Crippen LogP) is 19.5. The average Bonchev–Trinajstić information content (AvgIpc) is 3.39. The Labute approximate surface area is 468 Å². The molecule has 5 heteroatoms. The van der Waals surface area contributed by atoms with Crippen molar-refractivity contribution in [3.05, 3.63) is 178 Å². The number of nitrogens with zero attached hydrogens (tertiary/aromatic N) is 3. The van der Waals surface area contributed by atoms with Crippen molar-refractivity contribution in [2.24, 2.45) is 0 Å². The molecule has 0 saturated carbocycles. The number of fused-ring (bicyclic) bond motifs is 13. The third-order valence-corrected chi connectivity index (χ3v) is 20.8. The molecule has 0 saturated heterocycles.